The third-order valence-electron chi connectivity index (χ3n) is 8.27. The van der Waals surface area contributed by atoms with E-state index in [9.17, 15) is 0 Å². The fourth-order valence-corrected chi connectivity index (χ4v) is 5.87. The molecule has 3 aromatic rings. The number of nitrogens with zero attached hydrogens (tertiary/aromatic N) is 1. The van der Waals surface area contributed by atoms with Gasteiger partial charge in [0.1, 0.15) is 0 Å². The zero-order valence-corrected chi connectivity index (χ0v) is 19.7. The number of hydrogen-bond donors (Lipinski definition) is 0. The predicted octanol–water partition coefficient (Wildman–Crippen LogP) is 5.55. The molecule has 0 amide bonds. The normalized spacial score (nSPS) is 26.9. The molecule has 2 aromatic carbocycles. The van der Waals surface area contributed by atoms with Crippen LogP contribution in [0.25, 0.3) is 21.7 Å². The SMILES string of the molecule is COc1[c-]c2c(ccc3c4c(cnc32)C2(C)CCC4(C)C2(C)C)cc1OC.[Ir]. The molecule has 0 saturated heterocycles. The molecule has 2 unspecified atom stereocenters. The van der Waals surface area contributed by atoms with E-state index in [1.165, 1.54) is 29.4 Å². The molecule has 2 bridgehead atoms. The van der Waals surface area contributed by atoms with Crippen molar-refractivity contribution < 1.29 is 29.6 Å². The summed E-state index contributed by atoms with van der Waals surface area (Å²) in [6.07, 6.45) is 4.60. The van der Waals surface area contributed by atoms with Crippen LogP contribution >= 0.6 is 0 Å². The smallest absolute Gasteiger partial charge is 0.0776 e. The number of hydrogen-bond acceptors (Lipinski definition) is 3. The first-order valence-corrected chi connectivity index (χ1v) is 9.69. The number of ether oxygens (including phenoxy) is 2. The molecule has 2 aliphatic carbocycles. The number of fused-ring (bicyclic) bond motifs is 9. The largest absolute Gasteiger partial charge is 0.536 e. The van der Waals surface area contributed by atoms with Crippen molar-refractivity contribution in [2.24, 2.45) is 5.41 Å². The summed E-state index contributed by atoms with van der Waals surface area (Å²) in [5.41, 5.74) is 4.52. The molecular weight excluding hydrogens is 526 g/mol. The van der Waals surface area contributed by atoms with Crippen molar-refractivity contribution >= 4 is 21.7 Å². The number of methoxy groups -OCH3 is 2. The molecule has 5 rings (SSSR count). The quantitative estimate of drug-likeness (QED) is 0.309. The third kappa shape index (κ3) is 2.01. The molecule has 1 aromatic heterocycles. The molecule has 149 valence electrons. The minimum atomic E-state index is 0. The van der Waals surface area contributed by atoms with Crippen molar-refractivity contribution in [2.75, 3.05) is 14.2 Å². The van der Waals surface area contributed by atoms with Gasteiger partial charge in [-0.15, -0.1) is 10.8 Å². The van der Waals surface area contributed by atoms with Crippen LogP contribution in [0.3, 0.4) is 0 Å². The first kappa shape index (κ1) is 19.7. The van der Waals surface area contributed by atoms with E-state index in [1.54, 1.807) is 14.2 Å². The molecule has 0 spiro atoms. The second-order valence-electron chi connectivity index (χ2n) is 9.13. The molecule has 1 heterocycles. The van der Waals surface area contributed by atoms with Gasteiger partial charge in [-0.25, -0.2) is 0 Å². The van der Waals surface area contributed by atoms with Crippen LogP contribution in [0.2, 0.25) is 0 Å². The van der Waals surface area contributed by atoms with Crippen LogP contribution in [-0.2, 0) is 30.9 Å². The fourth-order valence-electron chi connectivity index (χ4n) is 5.87. The van der Waals surface area contributed by atoms with E-state index < -0.39 is 0 Å². The van der Waals surface area contributed by atoms with E-state index in [0.29, 0.717) is 11.5 Å². The number of benzene rings is 2. The summed E-state index contributed by atoms with van der Waals surface area (Å²) in [7, 11) is 3.31. The van der Waals surface area contributed by atoms with Crippen molar-refractivity contribution in [3.8, 4) is 11.5 Å². The van der Waals surface area contributed by atoms with Crippen molar-refractivity contribution in [3.05, 3.63) is 41.6 Å². The van der Waals surface area contributed by atoms with Gasteiger partial charge in [0.25, 0.3) is 0 Å². The van der Waals surface area contributed by atoms with Gasteiger partial charge in [-0.05, 0) is 45.7 Å². The molecule has 3 nitrogen and oxygen atoms in total. The van der Waals surface area contributed by atoms with Crippen molar-refractivity contribution in [1.82, 2.24) is 4.98 Å². The molecule has 1 radical (unpaired) electrons. The first-order valence-electron chi connectivity index (χ1n) is 9.69. The molecule has 2 atom stereocenters. The maximum Gasteiger partial charge on any atom is 0.0776 e. The molecule has 0 N–H and O–H groups in total. The van der Waals surface area contributed by atoms with Gasteiger partial charge >= 0.3 is 0 Å². The Morgan fingerprint density at radius 3 is 2.39 bits per heavy atom. The monoisotopic (exact) mass is 553 g/mol. The van der Waals surface area contributed by atoms with Crippen LogP contribution in [-0.4, -0.2) is 19.2 Å². The van der Waals surface area contributed by atoms with Crippen LogP contribution in [0, 0.1) is 11.5 Å². The number of aromatic nitrogens is 1. The van der Waals surface area contributed by atoms with Crippen molar-refractivity contribution in [3.63, 3.8) is 0 Å². The van der Waals surface area contributed by atoms with E-state index in [2.05, 4.69) is 52.1 Å². The minimum Gasteiger partial charge on any atom is -0.536 e. The summed E-state index contributed by atoms with van der Waals surface area (Å²) < 4.78 is 10.9. The molecule has 0 aliphatic heterocycles. The summed E-state index contributed by atoms with van der Waals surface area (Å²) >= 11 is 0. The molecule has 4 heteroatoms. The van der Waals surface area contributed by atoms with Gasteiger partial charge in [-0.3, -0.25) is 0 Å². The number of pyridine rings is 1. The Bertz CT molecular complexity index is 1120. The van der Waals surface area contributed by atoms with Gasteiger partial charge in [0.2, 0.25) is 0 Å². The van der Waals surface area contributed by atoms with Gasteiger partial charge < -0.3 is 14.5 Å². The van der Waals surface area contributed by atoms with Crippen LogP contribution in [0.1, 0.15) is 51.7 Å². The van der Waals surface area contributed by atoms with Gasteiger partial charge in [-0.2, -0.15) is 0 Å². The Hall–Kier alpha value is -1.64. The Labute approximate surface area is 180 Å². The van der Waals surface area contributed by atoms with E-state index in [4.69, 9.17) is 14.5 Å². The van der Waals surface area contributed by atoms with Gasteiger partial charge in [-0.1, -0.05) is 52.0 Å². The van der Waals surface area contributed by atoms with Crippen molar-refractivity contribution in [1.29, 1.82) is 0 Å². The van der Waals surface area contributed by atoms with Crippen LogP contribution in [0.5, 0.6) is 11.5 Å². The summed E-state index contributed by atoms with van der Waals surface area (Å²) in [5.74, 6) is 1.32. The molecule has 2 aliphatic rings. The van der Waals surface area contributed by atoms with E-state index in [-0.39, 0.29) is 36.4 Å². The summed E-state index contributed by atoms with van der Waals surface area (Å²) in [5, 5.41) is 3.34. The molecule has 1 saturated carbocycles. The Balaban J connectivity index is 0.00000192. The maximum absolute atomic E-state index is 5.50. The number of rotatable bonds is 2. The summed E-state index contributed by atoms with van der Waals surface area (Å²) in [4.78, 5) is 4.94. The topological polar surface area (TPSA) is 31.4 Å². The molecular formula is C24H26IrNO2-. The van der Waals surface area contributed by atoms with Gasteiger partial charge in [0.15, 0.2) is 0 Å². The van der Waals surface area contributed by atoms with Crippen LogP contribution < -0.4 is 9.47 Å². The third-order valence-corrected chi connectivity index (χ3v) is 8.27. The summed E-state index contributed by atoms with van der Waals surface area (Å²) in [6, 6.07) is 9.83. The predicted molar refractivity (Wildman–Crippen MR) is 109 cm³/mol. The van der Waals surface area contributed by atoms with Crippen LogP contribution in [0.15, 0.2) is 24.4 Å². The Kier molecular flexibility index (Phi) is 4.17. The summed E-state index contributed by atoms with van der Waals surface area (Å²) in [6.45, 7) is 9.75. The zero-order chi connectivity index (χ0) is 19.2. The maximum atomic E-state index is 5.50. The second-order valence-corrected chi connectivity index (χ2v) is 9.13. The van der Waals surface area contributed by atoms with Crippen LogP contribution in [0.4, 0.5) is 0 Å². The Morgan fingerprint density at radius 2 is 1.71 bits per heavy atom. The average molecular weight is 553 g/mol. The second kappa shape index (κ2) is 5.93. The first-order chi connectivity index (χ1) is 12.8. The van der Waals surface area contributed by atoms with Gasteiger partial charge in [0.05, 0.1) is 25.7 Å². The average Bonchev–Trinajstić information content (AvgIpc) is 2.94. The van der Waals surface area contributed by atoms with E-state index >= 15 is 0 Å². The zero-order valence-electron chi connectivity index (χ0n) is 17.3. The van der Waals surface area contributed by atoms with E-state index in [0.717, 1.165) is 16.3 Å². The minimum absolute atomic E-state index is 0. The van der Waals surface area contributed by atoms with Gasteiger partial charge in [0, 0.05) is 31.7 Å². The Morgan fingerprint density at radius 1 is 1.00 bits per heavy atom. The molecule has 28 heavy (non-hydrogen) atoms. The van der Waals surface area contributed by atoms with Crippen molar-refractivity contribution in [2.45, 2.75) is 51.4 Å². The van der Waals surface area contributed by atoms with E-state index in [1.807, 2.05) is 6.07 Å². The fraction of sp³-hybridized carbons (Fsp3) is 0.458. The standard InChI is InChI=1S/C24H26NO2.Ir/c1-22(2)23(3)9-10-24(22,4)20-15-8-7-14-11-18(26-5)19(27-6)12-16(14)21(15)25-13-17(20)23;/h7-8,11,13H,9-10H2,1-6H3;/q-1;. The molecule has 1 fully saturated rings.